The highest BCUT2D eigenvalue weighted by Crippen LogP contribution is 2.28. The average Bonchev–Trinajstić information content (AvgIpc) is 3.29. The fraction of sp³-hybridized carbons (Fsp3) is 0.250. The van der Waals surface area contributed by atoms with E-state index in [1.54, 1.807) is 24.7 Å². The van der Waals surface area contributed by atoms with Gasteiger partial charge in [0.15, 0.2) is 5.82 Å². The molecule has 0 aliphatic heterocycles. The summed E-state index contributed by atoms with van der Waals surface area (Å²) in [5, 5.41) is 16.9. The van der Waals surface area contributed by atoms with Gasteiger partial charge < -0.3 is 4.74 Å². The predicted octanol–water partition coefficient (Wildman–Crippen LogP) is 2.67. The highest BCUT2D eigenvalue weighted by Gasteiger charge is 2.14. The maximum atomic E-state index is 12.6. The average molecular weight is 389 g/mol. The second kappa shape index (κ2) is 7.59. The van der Waals surface area contributed by atoms with Crippen LogP contribution in [0.2, 0.25) is 0 Å². The fourth-order valence-electron chi connectivity index (χ4n) is 3.03. The minimum atomic E-state index is -0.260. The summed E-state index contributed by atoms with van der Waals surface area (Å²) in [6.45, 7) is 4.27. The van der Waals surface area contributed by atoms with Gasteiger partial charge in [-0.05, 0) is 38.1 Å². The number of aromatic nitrogens is 6. The van der Waals surface area contributed by atoms with Crippen molar-refractivity contribution in [3.8, 4) is 29.2 Å². The number of nitrogens with zero attached hydrogens (tertiary/aromatic N) is 6. The summed E-state index contributed by atoms with van der Waals surface area (Å²) >= 11 is 0. The number of fused-ring (bicyclic) bond motifs is 1. The Hall–Kier alpha value is -3.93. The first-order valence-corrected chi connectivity index (χ1v) is 9.20. The zero-order valence-electron chi connectivity index (χ0n) is 16.0. The fourth-order valence-corrected chi connectivity index (χ4v) is 3.03. The van der Waals surface area contributed by atoms with Crippen LogP contribution in [0, 0.1) is 11.3 Å². The zero-order chi connectivity index (χ0) is 20.4. The molecule has 0 fully saturated rings. The third-order valence-electron chi connectivity index (χ3n) is 4.32. The van der Waals surface area contributed by atoms with Gasteiger partial charge in [0.25, 0.3) is 0 Å². The molecule has 0 saturated carbocycles. The van der Waals surface area contributed by atoms with E-state index < -0.39 is 0 Å². The van der Waals surface area contributed by atoms with E-state index in [0.717, 1.165) is 16.7 Å². The van der Waals surface area contributed by atoms with E-state index in [-0.39, 0.29) is 18.2 Å². The maximum Gasteiger partial charge on any atom is 0.333 e. The Balaban J connectivity index is 1.74. The van der Waals surface area contributed by atoms with Gasteiger partial charge in [-0.2, -0.15) is 10.4 Å². The summed E-state index contributed by atoms with van der Waals surface area (Å²) < 4.78 is 8.67. The Morgan fingerprint density at radius 3 is 2.93 bits per heavy atom. The van der Waals surface area contributed by atoms with Crippen LogP contribution in [0.1, 0.15) is 20.3 Å². The van der Waals surface area contributed by atoms with E-state index in [9.17, 15) is 4.79 Å². The lowest BCUT2D eigenvalue weighted by Crippen LogP contribution is -2.23. The van der Waals surface area contributed by atoms with E-state index in [1.165, 1.54) is 9.13 Å². The molecule has 29 heavy (non-hydrogen) atoms. The standard InChI is InChI=1S/C20H19N7O2/c1-13(2)29-14-4-5-16-15(12-14)18(25-24-16)19-22-8-6-17(23-19)27-11-10-26(20(27)28)9-3-7-21/h4-6,8,10-13H,3,9H2,1-2H3,(H,24,25). The van der Waals surface area contributed by atoms with Crippen LogP contribution in [0.3, 0.4) is 0 Å². The Morgan fingerprint density at radius 2 is 2.14 bits per heavy atom. The molecule has 0 unspecified atom stereocenters. The van der Waals surface area contributed by atoms with Crippen LogP contribution >= 0.6 is 0 Å². The molecule has 0 radical (unpaired) electrons. The van der Waals surface area contributed by atoms with Crippen molar-refractivity contribution < 1.29 is 4.74 Å². The highest BCUT2D eigenvalue weighted by atomic mass is 16.5. The lowest BCUT2D eigenvalue weighted by molar-refractivity contribution is 0.243. The number of nitrogens with one attached hydrogen (secondary N) is 1. The Kier molecular flexibility index (Phi) is 4.83. The van der Waals surface area contributed by atoms with Crippen molar-refractivity contribution in [2.24, 2.45) is 0 Å². The molecule has 0 spiro atoms. The summed E-state index contributed by atoms with van der Waals surface area (Å²) in [4.78, 5) is 21.4. The number of aromatic amines is 1. The van der Waals surface area contributed by atoms with Gasteiger partial charge >= 0.3 is 5.69 Å². The van der Waals surface area contributed by atoms with Gasteiger partial charge in [-0.25, -0.2) is 14.8 Å². The topological polar surface area (TPSA) is 114 Å². The van der Waals surface area contributed by atoms with Crippen molar-refractivity contribution in [2.45, 2.75) is 32.9 Å². The SMILES string of the molecule is CC(C)Oc1ccc2[nH]nc(-c3nccc(-n4ccn(CCC#N)c4=O)n3)c2c1. The Morgan fingerprint density at radius 1 is 1.28 bits per heavy atom. The summed E-state index contributed by atoms with van der Waals surface area (Å²) in [6.07, 6.45) is 5.17. The number of hydrogen-bond acceptors (Lipinski definition) is 6. The van der Waals surface area contributed by atoms with Crippen molar-refractivity contribution in [3.05, 3.63) is 53.3 Å². The minimum Gasteiger partial charge on any atom is -0.491 e. The monoisotopic (exact) mass is 389 g/mol. The smallest absolute Gasteiger partial charge is 0.333 e. The lowest BCUT2D eigenvalue weighted by atomic mass is 10.2. The van der Waals surface area contributed by atoms with E-state index in [0.29, 0.717) is 23.9 Å². The molecule has 3 aromatic heterocycles. The van der Waals surface area contributed by atoms with Gasteiger partial charge in [-0.15, -0.1) is 0 Å². The Bertz CT molecular complexity index is 1260. The summed E-state index contributed by atoms with van der Waals surface area (Å²) in [5.41, 5.74) is 1.15. The van der Waals surface area contributed by atoms with Gasteiger partial charge in [-0.3, -0.25) is 14.2 Å². The number of rotatable bonds is 6. The quantitative estimate of drug-likeness (QED) is 0.542. The molecule has 0 aliphatic carbocycles. The molecule has 0 bridgehead atoms. The van der Waals surface area contributed by atoms with Crippen LogP contribution in [0.25, 0.3) is 28.2 Å². The second-order valence-corrected chi connectivity index (χ2v) is 6.74. The van der Waals surface area contributed by atoms with Crippen molar-refractivity contribution in [3.63, 3.8) is 0 Å². The lowest BCUT2D eigenvalue weighted by Gasteiger charge is -2.09. The molecule has 146 valence electrons. The van der Waals surface area contributed by atoms with Crippen LogP contribution in [0.15, 0.2) is 47.7 Å². The molecular weight excluding hydrogens is 370 g/mol. The number of benzene rings is 1. The summed E-state index contributed by atoms with van der Waals surface area (Å²) in [5.74, 6) is 1.56. The van der Waals surface area contributed by atoms with E-state index in [1.807, 2.05) is 38.1 Å². The molecular formula is C20H19N7O2. The molecule has 9 heteroatoms. The third-order valence-corrected chi connectivity index (χ3v) is 4.32. The summed E-state index contributed by atoms with van der Waals surface area (Å²) in [6, 6.07) is 9.36. The van der Waals surface area contributed by atoms with E-state index in [2.05, 4.69) is 20.2 Å². The van der Waals surface area contributed by atoms with Crippen molar-refractivity contribution in [1.82, 2.24) is 29.3 Å². The summed E-state index contributed by atoms with van der Waals surface area (Å²) in [7, 11) is 0. The van der Waals surface area contributed by atoms with Gasteiger partial charge in [0.05, 0.1) is 24.1 Å². The number of imidazole rings is 1. The molecule has 4 rings (SSSR count). The molecule has 1 aromatic carbocycles. The molecule has 1 N–H and O–H groups in total. The molecule has 3 heterocycles. The first-order valence-electron chi connectivity index (χ1n) is 9.20. The first kappa shape index (κ1) is 18.4. The number of hydrogen-bond donors (Lipinski definition) is 1. The molecule has 9 nitrogen and oxygen atoms in total. The number of ether oxygens (including phenoxy) is 1. The predicted molar refractivity (Wildman–Crippen MR) is 107 cm³/mol. The van der Waals surface area contributed by atoms with Gasteiger partial charge in [0.2, 0.25) is 0 Å². The maximum absolute atomic E-state index is 12.6. The van der Waals surface area contributed by atoms with Crippen LogP contribution in [0.5, 0.6) is 5.75 Å². The first-order chi connectivity index (χ1) is 14.1. The van der Waals surface area contributed by atoms with Gasteiger partial charge in [-0.1, -0.05) is 0 Å². The van der Waals surface area contributed by atoms with Crippen LogP contribution in [-0.4, -0.2) is 35.4 Å². The minimum absolute atomic E-state index is 0.0549. The second-order valence-electron chi connectivity index (χ2n) is 6.74. The van der Waals surface area contributed by atoms with Gasteiger partial charge in [0, 0.05) is 30.5 Å². The van der Waals surface area contributed by atoms with Crippen LogP contribution in [0.4, 0.5) is 0 Å². The highest BCUT2D eigenvalue weighted by molar-refractivity contribution is 5.92. The number of H-pyrrole nitrogens is 1. The number of aryl methyl sites for hydroxylation is 1. The van der Waals surface area contributed by atoms with Crippen LogP contribution < -0.4 is 10.4 Å². The van der Waals surface area contributed by atoms with Crippen LogP contribution in [-0.2, 0) is 6.54 Å². The van der Waals surface area contributed by atoms with E-state index >= 15 is 0 Å². The Labute approximate surface area is 166 Å². The van der Waals surface area contributed by atoms with E-state index in [4.69, 9.17) is 10.00 Å². The normalized spacial score (nSPS) is 11.1. The molecule has 0 saturated heterocycles. The molecule has 0 aliphatic rings. The molecule has 4 aromatic rings. The van der Waals surface area contributed by atoms with Crippen molar-refractivity contribution in [2.75, 3.05) is 0 Å². The largest absolute Gasteiger partial charge is 0.491 e. The number of nitriles is 1. The molecule has 0 amide bonds. The molecule has 0 atom stereocenters. The zero-order valence-corrected chi connectivity index (χ0v) is 16.0. The van der Waals surface area contributed by atoms with Gasteiger partial charge in [0.1, 0.15) is 17.3 Å². The van der Waals surface area contributed by atoms with Crippen molar-refractivity contribution >= 4 is 10.9 Å². The third kappa shape index (κ3) is 3.60. The van der Waals surface area contributed by atoms with Crippen molar-refractivity contribution in [1.29, 1.82) is 5.26 Å².